The fourth-order valence-electron chi connectivity index (χ4n) is 0.619. The molecule has 0 spiro atoms. The van der Waals surface area contributed by atoms with Crippen LogP contribution in [0.4, 0.5) is 8.96 Å². The number of hydrogen-bond acceptors (Lipinski definition) is 1. The van der Waals surface area contributed by atoms with Crippen LogP contribution in [-0.2, 0) is 0 Å². The molecule has 0 N–H and O–H groups in total. The van der Waals surface area contributed by atoms with Crippen LogP contribution < -0.4 is 0 Å². The summed E-state index contributed by atoms with van der Waals surface area (Å²) in [5, 5.41) is -0.762. The Morgan fingerprint density at radius 2 is 1.89 bits per heavy atom. The lowest BCUT2D eigenvalue weighted by Crippen LogP contribution is -2.03. The van der Waals surface area contributed by atoms with E-state index >= 15 is 0 Å². The van der Waals surface area contributed by atoms with Gasteiger partial charge in [-0.15, -0.1) is 8.96 Å². The fourth-order valence-corrected chi connectivity index (χ4v) is 0.619. The summed E-state index contributed by atoms with van der Waals surface area (Å²) >= 11 is 0. The average molecular weight is 137 g/mol. The minimum atomic E-state index is -0.762. The smallest absolute Gasteiger partial charge is 0.0620 e. The second-order valence-electron chi connectivity index (χ2n) is 2.56. The fraction of sp³-hybridized carbons (Fsp3) is 1.00. The van der Waals surface area contributed by atoms with Crippen molar-refractivity contribution in [2.75, 3.05) is 6.54 Å². The van der Waals surface area contributed by atoms with Gasteiger partial charge in [0.15, 0.2) is 0 Å². The molecule has 0 aromatic carbocycles. The Bertz CT molecular complexity index is 56.1. The Kier molecular flexibility index (Phi) is 4.58. The first-order chi connectivity index (χ1) is 4.13. The van der Waals surface area contributed by atoms with Crippen molar-refractivity contribution in [1.29, 1.82) is 0 Å². The lowest BCUT2D eigenvalue weighted by molar-refractivity contribution is -0.153. The Labute approximate surface area is 54.5 Å². The van der Waals surface area contributed by atoms with Crippen LogP contribution in [0.5, 0.6) is 0 Å². The molecule has 56 valence electrons. The van der Waals surface area contributed by atoms with Crippen LogP contribution in [0.25, 0.3) is 0 Å². The van der Waals surface area contributed by atoms with Crippen molar-refractivity contribution < 1.29 is 8.96 Å². The van der Waals surface area contributed by atoms with Gasteiger partial charge in [-0.2, -0.15) is 0 Å². The van der Waals surface area contributed by atoms with Crippen LogP contribution >= 0.6 is 0 Å². The van der Waals surface area contributed by atoms with E-state index in [9.17, 15) is 8.96 Å². The Morgan fingerprint density at radius 1 is 1.33 bits per heavy atom. The maximum atomic E-state index is 11.3. The highest BCUT2D eigenvalue weighted by molar-refractivity contribution is 4.44. The molecule has 0 fully saturated rings. The molecular weight excluding hydrogens is 124 g/mol. The molecule has 0 aliphatic heterocycles. The largest absolute Gasteiger partial charge is 0.102 e. The molecule has 0 aliphatic rings. The zero-order valence-corrected chi connectivity index (χ0v) is 5.90. The molecule has 0 aliphatic carbocycles. The molecule has 0 bridgehead atoms. The molecule has 3 heteroatoms. The summed E-state index contributed by atoms with van der Waals surface area (Å²) in [6.07, 6.45) is 1.47. The lowest BCUT2D eigenvalue weighted by atomic mass is 10.1. The molecule has 0 unspecified atom stereocenters. The Balaban J connectivity index is 2.91. The number of nitrogens with zero attached hydrogens (tertiary/aromatic N) is 1. The minimum Gasteiger partial charge on any atom is -0.102 e. The van der Waals surface area contributed by atoms with Crippen LogP contribution in [0.15, 0.2) is 0 Å². The van der Waals surface area contributed by atoms with E-state index in [1.807, 2.05) is 13.8 Å². The Hall–Kier alpha value is -0.180. The van der Waals surface area contributed by atoms with Crippen molar-refractivity contribution in [1.82, 2.24) is 5.34 Å². The van der Waals surface area contributed by atoms with Crippen LogP contribution in [0, 0.1) is 5.92 Å². The van der Waals surface area contributed by atoms with E-state index in [2.05, 4.69) is 0 Å². The first kappa shape index (κ1) is 8.82. The predicted molar refractivity (Wildman–Crippen MR) is 33.0 cm³/mol. The second kappa shape index (κ2) is 4.68. The zero-order chi connectivity index (χ0) is 7.28. The van der Waals surface area contributed by atoms with Gasteiger partial charge in [0, 0.05) is 5.34 Å². The maximum Gasteiger partial charge on any atom is 0.0620 e. The molecule has 0 atom stereocenters. The quantitative estimate of drug-likeness (QED) is 0.538. The first-order valence-corrected chi connectivity index (χ1v) is 3.22. The van der Waals surface area contributed by atoms with Crippen molar-refractivity contribution in [3.05, 3.63) is 0 Å². The average Bonchev–Trinajstić information content (AvgIpc) is 1.63. The van der Waals surface area contributed by atoms with Gasteiger partial charge in [-0.05, 0) is 18.8 Å². The molecule has 1 nitrogen and oxygen atoms in total. The monoisotopic (exact) mass is 137 g/mol. The van der Waals surface area contributed by atoms with Gasteiger partial charge < -0.3 is 0 Å². The highest BCUT2D eigenvalue weighted by Gasteiger charge is 1.99. The van der Waals surface area contributed by atoms with Crippen molar-refractivity contribution in [2.45, 2.75) is 26.7 Å². The summed E-state index contributed by atoms with van der Waals surface area (Å²) in [6, 6.07) is 0. The topological polar surface area (TPSA) is 3.24 Å². The summed E-state index contributed by atoms with van der Waals surface area (Å²) in [4.78, 5) is 0. The van der Waals surface area contributed by atoms with Crippen molar-refractivity contribution in [2.24, 2.45) is 5.92 Å². The molecule has 0 radical (unpaired) electrons. The second-order valence-corrected chi connectivity index (χ2v) is 2.56. The third-order valence-electron chi connectivity index (χ3n) is 1.11. The van der Waals surface area contributed by atoms with Crippen LogP contribution in [0.1, 0.15) is 26.7 Å². The predicted octanol–water partition coefficient (Wildman–Crippen LogP) is 2.49. The van der Waals surface area contributed by atoms with Crippen molar-refractivity contribution in [3.63, 3.8) is 0 Å². The van der Waals surface area contributed by atoms with Gasteiger partial charge in [0.05, 0.1) is 6.54 Å². The van der Waals surface area contributed by atoms with Gasteiger partial charge >= 0.3 is 0 Å². The molecule has 0 saturated heterocycles. The molecule has 0 amide bonds. The van der Waals surface area contributed by atoms with Gasteiger partial charge in [-0.25, -0.2) is 0 Å². The molecule has 0 saturated carbocycles. The van der Waals surface area contributed by atoms with Gasteiger partial charge in [-0.1, -0.05) is 13.8 Å². The number of halogens is 2. The molecule has 0 aromatic rings. The maximum absolute atomic E-state index is 11.3. The van der Waals surface area contributed by atoms with Crippen molar-refractivity contribution in [3.8, 4) is 0 Å². The van der Waals surface area contributed by atoms with E-state index < -0.39 is 5.34 Å². The van der Waals surface area contributed by atoms with Crippen molar-refractivity contribution >= 4 is 0 Å². The SMILES string of the molecule is CC(C)CCCN(F)F. The zero-order valence-electron chi connectivity index (χ0n) is 5.90. The van der Waals surface area contributed by atoms with E-state index in [0.717, 1.165) is 6.42 Å². The van der Waals surface area contributed by atoms with Crippen LogP contribution in [0.2, 0.25) is 0 Å². The third kappa shape index (κ3) is 7.82. The van der Waals surface area contributed by atoms with Crippen LogP contribution in [0.3, 0.4) is 0 Å². The van der Waals surface area contributed by atoms with Crippen LogP contribution in [-0.4, -0.2) is 11.9 Å². The minimum absolute atomic E-state index is 0.0990. The lowest BCUT2D eigenvalue weighted by Gasteiger charge is -2.02. The molecular formula is C6H13F2N. The molecule has 0 rings (SSSR count). The highest BCUT2D eigenvalue weighted by atomic mass is 19.4. The van der Waals surface area contributed by atoms with Gasteiger partial charge in [0.25, 0.3) is 0 Å². The molecule has 0 aromatic heterocycles. The summed E-state index contributed by atoms with van der Waals surface area (Å²) in [5.41, 5.74) is 0. The summed E-state index contributed by atoms with van der Waals surface area (Å²) in [5.74, 6) is 0.532. The summed E-state index contributed by atoms with van der Waals surface area (Å²) in [6.45, 7) is 3.96. The van der Waals surface area contributed by atoms with E-state index in [1.165, 1.54) is 0 Å². The molecule has 9 heavy (non-hydrogen) atoms. The standard InChI is InChI=1S/C6H13F2N/c1-6(2)4-3-5-9(7)8/h6H,3-5H2,1-2H3. The first-order valence-electron chi connectivity index (χ1n) is 3.22. The van der Waals surface area contributed by atoms with E-state index in [4.69, 9.17) is 0 Å². The van der Waals surface area contributed by atoms with E-state index in [0.29, 0.717) is 12.3 Å². The van der Waals surface area contributed by atoms with Gasteiger partial charge in [-0.3, -0.25) is 0 Å². The normalized spacial score (nSPS) is 11.3. The Morgan fingerprint density at radius 3 is 2.22 bits per heavy atom. The van der Waals surface area contributed by atoms with Gasteiger partial charge in [0.2, 0.25) is 0 Å². The molecule has 0 heterocycles. The highest BCUT2D eigenvalue weighted by Crippen LogP contribution is 2.04. The number of hydrogen-bond donors (Lipinski definition) is 0. The summed E-state index contributed by atoms with van der Waals surface area (Å²) < 4.78 is 22.6. The summed E-state index contributed by atoms with van der Waals surface area (Å²) in [7, 11) is 0. The third-order valence-corrected chi connectivity index (χ3v) is 1.11. The van der Waals surface area contributed by atoms with E-state index in [1.54, 1.807) is 0 Å². The number of rotatable bonds is 4. The van der Waals surface area contributed by atoms with Gasteiger partial charge in [0.1, 0.15) is 0 Å². The van der Waals surface area contributed by atoms with E-state index in [-0.39, 0.29) is 6.54 Å².